The van der Waals surface area contributed by atoms with Crippen LogP contribution in [0.25, 0.3) is 0 Å². The number of rotatable bonds is 7. The highest BCUT2D eigenvalue weighted by Crippen LogP contribution is 2.43. The summed E-state index contributed by atoms with van der Waals surface area (Å²) in [5.74, 6) is -6.62. The highest BCUT2D eigenvalue weighted by Gasteiger charge is 2.47. The van der Waals surface area contributed by atoms with Crippen molar-refractivity contribution in [3.8, 4) is 0 Å². The smallest absolute Gasteiger partial charge is 0.166 e. The molecule has 0 radical (unpaired) electrons. The van der Waals surface area contributed by atoms with Gasteiger partial charge in [-0.1, -0.05) is 36.8 Å². The highest BCUT2D eigenvalue weighted by molar-refractivity contribution is 5.94. The normalized spacial score (nSPS) is 14.8. The van der Waals surface area contributed by atoms with Crippen LogP contribution in [0.1, 0.15) is 43.4 Å². The zero-order valence-corrected chi connectivity index (χ0v) is 16.7. The zero-order chi connectivity index (χ0) is 21.2. The van der Waals surface area contributed by atoms with Gasteiger partial charge in [0.2, 0.25) is 0 Å². The van der Waals surface area contributed by atoms with Crippen LogP contribution in [0.15, 0.2) is 30.3 Å². The molecule has 2 aromatic rings. The molecular formula is C22H25F4NO. The van der Waals surface area contributed by atoms with Gasteiger partial charge in [-0.05, 0) is 39.9 Å². The first kappa shape index (κ1) is 22.1. The summed E-state index contributed by atoms with van der Waals surface area (Å²) >= 11 is 0. The van der Waals surface area contributed by atoms with Crippen LogP contribution in [0.2, 0.25) is 0 Å². The molecule has 0 fully saturated rings. The molecule has 0 unspecified atom stereocenters. The Bertz CT molecular complexity index is 838. The van der Waals surface area contributed by atoms with Gasteiger partial charge in [-0.2, -0.15) is 0 Å². The zero-order valence-electron chi connectivity index (χ0n) is 16.7. The van der Waals surface area contributed by atoms with Gasteiger partial charge in [-0.3, -0.25) is 4.79 Å². The summed E-state index contributed by atoms with van der Waals surface area (Å²) < 4.78 is 58.0. The lowest BCUT2D eigenvalue weighted by molar-refractivity contribution is -0.123. The average molecular weight is 395 g/mol. The van der Waals surface area contributed by atoms with E-state index in [0.29, 0.717) is 5.56 Å². The molecule has 2 aromatic carbocycles. The predicted octanol–water partition coefficient (Wildman–Crippen LogP) is 5.16. The molecule has 2 rings (SSSR count). The van der Waals surface area contributed by atoms with E-state index < -0.39 is 40.0 Å². The number of hydrogen-bond donors (Lipinski definition) is 0. The molecule has 0 aromatic heterocycles. The number of halogens is 4. The number of nitrogens with zero attached hydrogens (tertiary/aromatic N) is 1. The molecule has 0 saturated carbocycles. The van der Waals surface area contributed by atoms with Gasteiger partial charge >= 0.3 is 0 Å². The van der Waals surface area contributed by atoms with Crippen LogP contribution in [-0.2, 0) is 10.2 Å². The molecule has 0 saturated heterocycles. The van der Waals surface area contributed by atoms with Crippen molar-refractivity contribution >= 4 is 5.78 Å². The highest BCUT2D eigenvalue weighted by atomic mass is 19.2. The minimum atomic E-state index is -1.86. The molecule has 0 N–H and O–H groups in total. The molecule has 0 amide bonds. The SMILES string of the molecule is CCC(=O)[C@](C[C@@H](C)N(C)C)(c1ccc(C)cc1)c1c(F)c(F)cc(F)c1F. The third kappa shape index (κ3) is 3.83. The number of carbonyl (C=O) groups excluding carboxylic acids is 1. The monoisotopic (exact) mass is 395 g/mol. The summed E-state index contributed by atoms with van der Waals surface area (Å²) in [6.07, 6.45) is -0.0858. The van der Waals surface area contributed by atoms with Gasteiger partial charge in [0.05, 0.1) is 5.41 Å². The molecule has 28 heavy (non-hydrogen) atoms. The van der Waals surface area contributed by atoms with Crippen LogP contribution in [0, 0.1) is 30.2 Å². The standard InChI is InChI=1S/C22H25F4NO/c1-6-18(28)22(12-14(3)27(4)5,15-9-7-13(2)8-10-15)19-20(25)16(23)11-17(24)21(19)26/h7-11,14H,6,12H2,1-5H3/t14-,22+/m1/s1. The van der Waals surface area contributed by atoms with E-state index in [1.165, 1.54) is 0 Å². The number of carbonyl (C=O) groups is 1. The summed E-state index contributed by atoms with van der Waals surface area (Å²) in [5, 5.41) is 0. The Morgan fingerprint density at radius 3 is 1.96 bits per heavy atom. The van der Waals surface area contributed by atoms with Crippen LogP contribution in [0.3, 0.4) is 0 Å². The molecule has 0 aliphatic rings. The van der Waals surface area contributed by atoms with Crippen LogP contribution in [-0.4, -0.2) is 30.8 Å². The number of aryl methyl sites for hydroxylation is 1. The second-order valence-electron chi connectivity index (χ2n) is 7.41. The van der Waals surface area contributed by atoms with Crippen molar-refractivity contribution in [3.05, 3.63) is 70.3 Å². The lowest BCUT2D eigenvalue weighted by Crippen LogP contribution is -2.44. The lowest BCUT2D eigenvalue weighted by atomic mass is 9.66. The first-order valence-electron chi connectivity index (χ1n) is 9.16. The van der Waals surface area contributed by atoms with E-state index in [1.807, 2.05) is 6.92 Å². The molecule has 0 bridgehead atoms. The van der Waals surface area contributed by atoms with Crippen LogP contribution in [0.4, 0.5) is 17.6 Å². The van der Waals surface area contributed by atoms with Gasteiger partial charge in [0.25, 0.3) is 0 Å². The van der Waals surface area contributed by atoms with E-state index in [2.05, 4.69) is 0 Å². The van der Waals surface area contributed by atoms with Gasteiger partial charge in [0, 0.05) is 24.1 Å². The molecule has 0 aliphatic heterocycles. The van der Waals surface area contributed by atoms with Crippen molar-refractivity contribution in [2.24, 2.45) is 0 Å². The summed E-state index contributed by atoms with van der Waals surface area (Å²) in [5.41, 5.74) is -1.53. The first-order valence-corrected chi connectivity index (χ1v) is 9.16. The fourth-order valence-corrected chi connectivity index (χ4v) is 3.49. The van der Waals surface area contributed by atoms with E-state index in [1.54, 1.807) is 57.1 Å². The Labute approximate surface area is 163 Å². The van der Waals surface area contributed by atoms with Crippen molar-refractivity contribution in [3.63, 3.8) is 0 Å². The predicted molar refractivity (Wildman–Crippen MR) is 101 cm³/mol. The topological polar surface area (TPSA) is 20.3 Å². The van der Waals surface area contributed by atoms with E-state index in [-0.39, 0.29) is 24.9 Å². The molecule has 6 heteroatoms. The Morgan fingerprint density at radius 1 is 1.04 bits per heavy atom. The number of Topliss-reactive ketones (excluding diaryl/α,β-unsaturated/α-hetero) is 1. The number of ketones is 1. The second kappa shape index (κ2) is 8.43. The summed E-state index contributed by atoms with van der Waals surface area (Å²) in [4.78, 5) is 15.0. The van der Waals surface area contributed by atoms with Crippen LogP contribution < -0.4 is 0 Å². The van der Waals surface area contributed by atoms with E-state index in [9.17, 15) is 22.4 Å². The fraction of sp³-hybridized carbons (Fsp3) is 0.409. The van der Waals surface area contributed by atoms with E-state index in [4.69, 9.17) is 0 Å². The quantitative estimate of drug-likeness (QED) is 0.477. The Balaban J connectivity index is 2.96. The van der Waals surface area contributed by atoms with Crippen molar-refractivity contribution in [1.29, 1.82) is 0 Å². The minimum absolute atomic E-state index is 0.0353. The van der Waals surface area contributed by atoms with Crippen molar-refractivity contribution in [1.82, 2.24) is 4.90 Å². The van der Waals surface area contributed by atoms with E-state index in [0.717, 1.165) is 5.56 Å². The molecule has 2 nitrogen and oxygen atoms in total. The Morgan fingerprint density at radius 2 is 1.54 bits per heavy atom. The summed E-state index contributed by atoms with van der Waals surface area (Å²) in [6, 6.07) is 6.46. The fourth-order valence-electron chi connectivity index (χ4n) is 3.49. The average Bonchev–Trinajstić information content (AvgIpc) is 2.65. The van der Waals surface area contributed by atoms with Gasteiger partial charge < -0.3 is 4.90 Å². The van der Waals surface area contributed by atoms with E-state index >= 15 is 0 Å². The molecule has 2 atom stereocenters. The van der Waals surface area contributed by atoms with Crippen LogP contribution >= 0.6 is 0 Å². The second-order valence-corrected chi connectivity index (χ2v) is 7.41. The van der Waals surface area contributed by atoms with Gasteiger partial charge in [-0.15, -0.1) is 0 Å². The maximum absolute atomic E-state index is 14.9. The van der Waals surface area contributed by atoms with Crippen molar-refractivity contribution in [2.75, 3.05) is 14.1 Å². The molecule has 0 spiro atoms. The van der Waals surface area contributed by atoms with Crippen molar-refractivity contribution < 1.29 is 22.4 Å². The van der Waals surface area contributed by atoms with Gasteiger partial charge in [-0.25, -0.2) is 17.6 Å². The molecular weight excluding hydrogens is 370 g/mol. The lowest BCUT2D eigenvalue weighted by Gasteiger charge is -2.38. The third-order valence-electron chi connectivity index (χ3n) is 5.36. The van der Waals surface area contributed by atoms with Gasteiger partial charge in [0.1, 0.15) is 5.78 Å². The third-order valence-corrected chi connectivity index (χ3v) is 5.36. The first-order chi connectivity index (χ1) is 13.1. The molecule has 0 heterocycles. The molecule has 0 aliphatic carbocycles. The minimum Gasteiger partial charge on any atom is -0.307 e. The maximum atomic E-state index is 14.9. The number of benzene rings is 2. The van der Waals surface area contributed by atoms with Crippen LogP contribution in [0.5, 0.6) is 0 Å². The summed E-state index contributed by atoms with van der Waals surface area (Å²) in [7, 11) is 3.53. The largest absolute Gasteiger partial charge is 0.307 e. The molecule has 152 valence electrons. The maximum Gasteiger partial charge on any atom is 0.166 e. The Kier molecular flexibility index (Phi) is 6.65. The Hall–Kier alpha value is -2.21. The number of hydrogen-bond acceptors (Lipinski definition) is 2. The summed E-state index contributed by atoms with van der Waals surface area (Å²) in [6.45, 7) is 5.19. The van der Waals surface area contributed by atoms with Crippen molar-refractivity contribution in [2.45, 2.75) is 45.1 Å². The van der Waals surface area contributed by atoms with Gasteiger partial charge in [0.15, 0.2) is 23.3 Å².